The molecule has 6 nitrogen and oxygen atoms in total. The molecule has 0 spiro atoms. The van der Waals surface area contributed by atoms with E-state index < -0.39 is 0 Å². The minimum absolute atomic E-state index is 0. The van der Waals surface area contributed by atoms with Crippen molar-refractivity contribution in [2.75, 3.05) is 25.0 Å². The van der Waals surface area contributed by atoms with Gasteiger partial charge in [0.05, 0.1) is 6.54 Å². The molecule has 3 amide bonds. The van der Waals surface area contributed by atoms with Gasteiger partial charge in [-0.15, -0.1) is 12.4 Å². The molecule has 0 fully saturated rings. The molecule has 0 atom stereocenters. The average Bonchev–Trinajstić information content (AvgIpc) is 2.70. The molecule has 1 heterocycles. The van der Waals surface area contributed by atoms with E-state index in [1.54, 1.807) is 4.90 Å². The van der Waals surface area contributed by atoms with Crippen LogP contribution in [0.4, 0.5) is 10.5 Å². The number of nitrogens with one attached hydrogen (secondary N) is 3. The van der Waals surface area contributed by atoms with Gasteiger partial charge in [0, 0.05) is 25.3 Å². The maximum absolute atomic E-state index is 12.4. The number of carbonyl (C=O) groups is 2. The molecule has 0 unspecified atom stereocenters. The first-order valence-electron chi connectivity index (χ1n) is 9.35. The van der Waals surface area contributed by atoms with Crippen LogP contribution in [0.1, 0.15) is 23.6 Å². The normalized spacial score (nSPS) is 12.5. The summed E-state index contributed by atoms with van der Waals surface area (Å²) in [6, 6.07) is 15.6. The van der Waals surface area contributed by atoms with E-state index in [-0.39, 0.29) is 30.9 Å². The molecule has 1 aliphatic heterocycles. The molecule has 2 aromatic carbocycles. The number of carbonyl (C=O) groups excluding carboxylic acids is 2. The van der Waals surface area contributed by atoms with E-state index in [4.69, 9.17) is 0 Å². The Morgan fingerprint density at radius 1 is 1.07 bits per heavy atom. The van der Waals surface area contributed by atoms with Crippen molar-refractivity contribution >= 4 is 30.0 Å². The second-order valence-corrected chi connectivity index (χ2v) is 6.63. The third kappa shape index (κ3) is 5.97. The van der Waals surface area contributed by atoms with Gasteiger partial charge in [0.15, 0.2) is 0 Å². The number of hydrogen-bond acceptors (Lipinski definition) is 3. The lowest BCUT2D eigenvalue weighted by Gasteiger charge is -2.28. The van der Waals surface area contributed by atoms with Crippen molar-refractivity contribution in [3.8, 4) is 0 Å². The third-order valence-corrected chi connectivity index (χ3v) is 4.61. The topological polar surface area (TPSA) is 73.5 Å². The molecule has 1 aliphatic rings. The van der Waals surface area contributed by atoms with E-state index in [9.17, 15) is 9.59 Å². The van der Waals surface area contributed by atoms with Crippen molar-refractivity contribution in [3.05, 3.63) is 65.2 Å². The lowest BCUT2D eigenvalue weighted by molar-refractivity contribution is -0.115. The molecule has 3 rings (SSSR count). The highest BCUT2D eigenvalue weighted by atomic mass is 35.5. The number of urea groups is 1. The van der Waals surface area contributed by atoms with Crippen LogP contribution in [0.3, 0.4) is 0 Å². The molecule has 28 heavy (non-hydrogen) atoms. The fourth-order valence-corrected chi connectivity index (χ4v) is 3.17. The summed E-state index contributed by atoms with van der Waals surface area (Å²) in [5.41, 5.74) is 4.29. The zero-order valence-corrected chi connectivity index (χ0v) is 16.8. The van der Waals surface area contributed by atoms with Crippen LogP contribution in [-0.4, -0.2) is 36.5 Å². The number of hydrogen-bond donors (Lipinski definition) is 3. The Hall–Kier alpha value is -2.57. The minimum Gasteiger partial charge on any atom is -0.329 e. The maximum Gasteiger partial charge on any atom is 0.318 e. The van der Waals surface area contributed by atoms with Gasteiger partial charge >= 0.3 is 6.03 Å². The van der Waals surface area contributed by atoms with Crippen LogP contribution in [0, 0.1) is 0 Å². The lowest BCUT2D eigenvalue weighted by atomic mass is 10.0. The molecule has 0 aromatic heterocycles. The number of benzene rings is 2. The van der Waals surface area contributed by atoms with Crippen LogP contribution >= 0.6 is 12.4 Å². The molecule has 0 radical (unpaired) electrons. The van der Waals surface area contributed by atoms with Crippen molar-refractivity contribution in [3.63, 3.8) is 0 Å². The number of fused-ring (bicyclic) bond motifs is 1. The lowest BCUT2D eigenvalue weighted by Crippen LogP contribution is -2.45. The van der Waals surface area contributed by atoms with Crippen molar-refractivity contribution < 1.29 is 9.59 Å². The van der Waals surface area contributed by atoms with Crippen LogP contribution in [0.5, 0.6) is 0 Å². The Balaban J connectivity index is 0.00000280. The molecule has 150 valence electrons. The highest BCUT2D eigenvalue weighted by Gasteiger charge is 2.20. The zero-order valence-electron chi connectivity index (χ0n) is 16.0. The number of rotatable bonds is 6. The van der Waals surface area contributed by atoms with Crippen LogP contribution < -0.4 is 16.0 Å². The van der Waals surface area contributed by atoms with Crippen molar-refractivity contribution in [2.24, 2.45) is 0 Å². The summed E-state index contributed by atoms with van der Waals surface area (Å²) in [5.74, 6) is -0.235. The van der Waals surface area contributed by atoms with Gasteiger partial charge in [0.25, 0.3) is 0 Å². The molecule has 3 N–H and O–H groups in total. The monoisotopic (exact) mass is 402 g/mol. The second kappa shape index (κ2) is 10.7. The second-order valence-electron chi connectivity index (χ2n) is 6.63. The largest absolute Gasteiger partial charge is 0.329 e. The van der Waals surface area contributed by atoms with E-state index in [1.165, 1.54) is 11.1 Å². The predicted octanol–water partition coefficient (Wildman–Crippen LogP) is 2.92. The third-order valence-electron chi connectivity index (χ3n) is 4.61. The van der Waals surface area contributed by atoms with Crippen molar-refractivity contribution in [1.29, 1.82) is 0 Å². The Morgan fingerprint density at radius 2 is 1.86 bits per heavy atom. The first kappa shape index (κ1) is 21.7. The van der Waals surface area contributed by atoms with Gasteiger partial charge in [-0.1, -0.05) is 43.3 Å². The fourth-order valence-electron chi connectivity index (χ4n) is 3.17. The molecule has 2 aromatic rings. The van der Waals surface area contributed by atoms with Gasteiger partial charge in [-0.25, -0.2) is 4.79 Å². The van der Waals surface area contributed by atoms with E-state index in [1.807, 2.05) is 42.5 Å². The van der Waals surface area contributed by atoms with Gasteiger partial charge in [-0.2, -0.15) is 0 Å². The molecule has 0 aliphatic carbocycles. The summed E-state index contributed by atoms with van der Waals surface area (Å²) in [5, 5.41) is 8.80. The summed E-state index contributed by atoms with van der Waals surface area (Å²) >= 11 is 0. The average molecular weight is 403 g/mol. The number of halogens is 1. The van der Waals surface area contributed by atoms with Gasteiger partial charge in [0.1, 0.15) is 0 Å². The highest BCUT2D eigenvalue weighted by Crippen LogP contribution is 2.18. The van der Waals surface area contributed by atoms with E-state index in [0.717, 1.165) is 30.8 Å². The summed E-state index contributed by atoms with van der Waals surface area (Å²) in [6.45, 7) is 4.90. The van der Waals surface area contributed by atoms with Crippen LogP contribution in [0.25, 0.3) is 0 Å². The summed E-state index contributed by atoms with van der Waals surface area (Å²) < 4.78 is 0. The summed E-state index contributed by atoms with van der Waals surface area (Å²) in [4.78, 5) is 26.3. The van der Waals surface area contributed by atoms with Crippen LogP contribution in [-0.2, 0) is 24.3 Å². The minimum atomic E-state index is -0.235. The summed E-state index contributed by atoms with van der Waals surface area (Å²) in [6.07, 6.45) is 0.842. The Morgan fingerprint density at radius 3 is 2.64 bits per heavy atom. The molecule has 7 heteroatoms. The van der Waals surface area contributed by atoms with Gasteiger partial charge in [-0.05, 0) is 41.8 Å². The molecule has 0 saturated heterocycles. The Bertz CT molecular complexity index is 812. The van der Waals surface area contributed by atoms with Crippen molar-refractivity contribution in [1.82, 2.24) is 15.5 Å². The molecular weight excluding hydrogens is 376 g/mol. The summed E-state index contributed by atoms with van der Waals surface area (Å²) in [7, 11) is 0. The van der Waals surface area contributed by atoms with Gasteiger partial charge < -0.3 is 20.9 Å². The van der Waals surface area contributed by atoms with Gasteiger partial charge in [-0.3, -0.25) is 4.79 Å². The first-order chi connectivity index (χ1) is 13.2. The smallest absolute Gasteiger partial charge is 0.318 e. The standard InChI is InChI=1S/C21H26N4O2.ClH/c1-2-22-13-16-6-5-9-19(12-16)24-20(26)14-23-21(27)25-11-10-17-7-3-4-8-18(17)15-25;/h3-9,12,22H,2,10-11,13-15H2,1H3,(H,23,27)(H,24,26);1H. The number of amides is 3. The quantitative estimate of drug-likeness (QED) is 0.695. The number of anilines is 1. The van der Waals surface area contributed by atoms with Crippen molar-refractivity contribution in [2.45, 2.75) is 26.4 Å². The van der Waals surface area contributed by atoms with E-state index >= 15 is 0 Å². The first-order valence-corrected chi connectivity index (χ1v) is 9.35. The molecule has 0 saturated carbocycles. The highest BCUT2D eigenvalue weighted by molar-refractivity contribution is 5.94. The SMILES string of the molecule is CCNCc1cccc(NC(=O)CNC(=O)N2CCc3ccccc3C2)c1.Cl. The maximum atomic E-state index is 12.4. The fraction of sp³-hybridized carbons (Fsp3) is 0.333. The zero-order chi connectivity index (χ0) is 19.1. The Labute approximate surface area is 172 Å². The van der Waals surface area contributed by atoms with Crippen LogP contribution in [0.15, 0.2) is 48.5 Å². The number of nitrogens with zero attached hydrogens (tertiary/aromatic N) is 1. The van der Waals surface area contributed by atoms with Gasteiger partial charge in [0.2, 0.25) is 5.91 Å². The van der Waals surface area contributed by atoms with E-state index in [2.05, 4.69) is 28.9 Å². The Kier molecular flexibility index (Phi) is 8.29. The molecule has 0 bridgehead atoms. The van der Waals surface area contributed by atoms with Crippen LogP contribution in [0.2, 0.25) is 0 Å². The molecular formula is C21H27ClN4O2. The van der Waals surface area contributed by atoms with E-state index in [0.29, 0.717) is 13.1 Å². The predicted molar refractivity (Wildman–Crippen MR) is 114 cm³/mol.